The summed E-state index contributed by atoms with van der Waals surface area (Å²) in [7, 11) is 0. The number of para-hydroxylation sites is 2. The van der Waals surface area contributed by atoms with Crippen molar-refractivity contribution in [3.05, 3.63) is 66.0 Å². The van der Waals surface area contributed by atoms with Crippen LogP contribution in [0.5, 0.6) is 5.75 Å². The molecule has 4 aromatic rings. The van der Waals surface area contributed by atoms with Gasteiger partial charge >= 0.3 is 0 Å². The third-order valence-corrected chi connectivity index (χ3v) is 5.31. The zero-order chi connectivity index (χ0) is 20.1. The van der Waals surface area contributed by atoms with Gasteiger partial charge in [0, 0.05) is 52.9 Å². The van der Waals surface area contributed by atoms with E-state index in [1.165, 1.54) is 0 Å². The van der Waals surface area contributed by atoms with Gasteiger partial charge in [-0.2, -0.15) is 0 Å². The molecule has 0 saturated carbocycles. The number of nitrogens with two attached hydrogens (primary N) is 1. The van der Waals surface area contributed by atoms with Crippen molar-refractivity contribution in [3.8, 4) is 5.75 Å². The van der Waals surface area contributed by atoms with E-state index in [9.17, 15) is 14.7 Å². The Labute approximate surface area is 165 Å². The van der Waals surface area contributed by atoms with Gasteiger partial charge in [0.1, 0.15) is 5.75 Å². The smallest absolute Gasteiger partial charge is 0.259 e. The van der Waals surface area contributed by atoms with Crippen LogP contribution in [-0.2, 0) is 16.1 Å². The molecule has 0 bridgehead atoms. The third kappa shape index (κ3) is 2.48. The number of amides is 2. The number of hydrogen-bond donors (Lipinski definition) is 4. The van der Waals surface area contributed by atoms with Crippen molar-refractivity contribution in [2.75, 3.05) is 6.54 Å². The molecule has 1 aliphatic heterocycles. The van der Waals surface area contributed by atoms with E-state index in [4.69, 9.17) is 5.73 Å². The zero-order valence-electron chi connectivity index (χ0n) is 15.4. The van der Waals surface area contributed by atoms with Gasteiger partial charge in [0.2, 0.25) is 0 Å². The summed E-state index contributed by atoms with van der Waals surface area (Å²) in [4.78, 5) is 28.7. The SMILES string of the molecule is NCCn1cc(C2=C(c3c[nH]c4ccccc34)C(=O)NC2=O)c2cccc(O)c21. The molecule has 0 unspecified atom stereocenters. The van der Waals surface area contributed by atoms with Gasteiger partial charge in [-0.25, -0.2) is 0 Å². The maximum absolute atomic E-state index is 12.8. The molecule has 5 rings (SSSR count). The number of carbonyl (C=O) groups excluding carboxylic acids is 2. The van der Waals surface area contributed by atoms with Crippen LogP contribution in [0.15, 0.2) is 54.9 Å². The second kappa shape index (κ2) is 6.35. The van der Waals surface area contributed by atoms with Gasteiger partial charge in [-0.15, -0.1) is 0 Å². The number of phenolic OH excluding ortho intramolecular Hbond substituents is 1. The summed E-state index contributed by atoms with van der Waals surface area (Å²) < 4.78 is 1.82. The second-order valence-electron chi connectivity index (χ2n) is 6.98. The Kier molecular flexibility index (Phi) is 3.78. The molecular formula is C22H18N4O3. The molecule has 144 valence electrons. The quantitative estimate of drug-likeness (QED) is 0.403. The summed E-state index contributed by atoms with van der Waals surface area (Å²) in [6, 6.07) is 12.8. The summed E-state index contributed by atoms with van der Waals surface area (Å²) >= 11 is 0. The van der Waals surface area contributed by atoms with E-state index in [-0.39, 0.29) is 5.75 Å². The van der Waals surface area contributed by atoms with Crippen LogP contribution in [-0.4, -0.2) is 33.0 Å². The third-order valence-electron chi connectivity index (χ3n) is 5.31. The molecule has 0 saturated heterocycles. The highest BCUT2D eigenvalue weighted by atomic mass is 16.3. The van der Waals surface area contributed by atoms with E-state index in [0.717, 1.165) is 10.9 Å². The summed E-state index contributed by atoms with van der Waals surface area (Å²) in [5, 5.41) is 14.4. The van der Waals surface area contributed by atoms with E-state index in [1.54, 1.807) is 24.5 Å². The number of rotatable bonds is 4. The number of fused-ring (bicyclic) bond motifs is 2. The van der Waals surface area contributed by atoms with Crippen LogP contribution in [0.1, 0.15) is 11.1 Å². The molecule has 2 amide bonds. The minimum Gasteiger partial charge on any atom is -0.506 e. The van der Waals surface area contributed by atoms with Crippen molar-refractivity contribution in [3.63, 3.8) is 0 Å². The number of nitrogens with one attached hydrogen (secondary N) is 2. The highest BCUT2D eigenvalue weighted by molar-refractivity contribution is 6.50. The molecule has 0 spiro atoms. The van der Waals surface area contributed by atoms with E-state index in [2.05, 4.69) is 10.3 Å². The average Bonchev–Trinajstić information content (AvgIpc) is 3.36. The zero-order valence-corrected chi connectivity index (χ0v) is 15.4. The van der Waals surface area contributed by atoms with Crippen molar-refractivity contribution in [1.29, 1.82) is 0 Å². The molecule has 29 heavy (non-hydrogen) atoms. The van der Waals surface area contributed by atoms with Gasteiger partial charge in [-0.05, 0) is 12.1 Å². The van der Waals surface area contributed by atoms with Gasteiger partial charge in [0.05, 0.1) is 16.7 Å². The molecule has 5 N–H and O–H groups in total. The van der Waals surface area contributed by atoms with Crippen LogP contribution in [0, 0.1) is 0 Å². The molecule has 3 heterocycles. The van der Waals surface area contributed by atoms with Crippen LogP contribution < -0.4 is 11.1 Å². The van der Waals surface area contributed by atoms with Gasteiger partial charge in [-0.3, -0.25) is 14.9 Å². The van der Waals surface area contributed by atoms with Crippen LogP contribution in [0.4, 0.5) is 0 Å². The lowest BCUT2D eigenvalue weighted by atomic mass is 9.95. The summed E-state index contributed by atoms with van der Waals surface area (Å²) in [5.41, 5.74) is 9.07. The van der Waals surface area contributed by atoms with E-state index < -0.39 is 11.8 Å². The van der Waals surface area contributed by atoms with Crippen LogP contribution in [0.3, 0.4) is 0 Å². The van der Waals surface area contributed by atoms with Crippen LogP contribution in [0.25, 0.3) is 33.0 Å². The van der Waals surface area contributed by atoms with E-state index in [0.29, 0.717) is 46.3 Å². The topological polar surface area (TPSA) is 113 Å². The van der Waals surface area contributed by atoms with Gasteiger partial charge in [0.25, 0.3) is 11.8 Å². The van der Waals surface area contributed by atoms with Gasteiger partial charge in [0.15, 0.2) is 0 Å². The predicted molar refractivity (Wildman–Crippen MR) is 111 cm³/mol. The Hall–Kier alpha value is -3.84. The molecule has 0 radical (unpaired) electrons. The molecule has 2 aromatic carbocycles. The maximum atomic E-state index is 12.8. The lowest BCUT2D eigenvalue weighted by Crippen LogP contribution is -2.22. The highest BCUT2D eigenvalue weighted by Gasteiger charge is 2.35. The largest absolute Gasteiger partial charge is 0.506 e. The standard InChI is InChI=1S/C22H18N4O3/c23-8-9-26-11-15(13-5-3-7-17(27)20(13)26)19-18(21(28)25-22(19)29)14-10-24-16-6-2-1-4-12(14)16/h1-7,10-11,24,27H,8-9,23H2,(H,25,28,29). The fourth-order valence-electron chi connectivity index (χ4n) is 4.10. The minimum atomic E-state index is -0.453. The van der Waals surface area contributed by atoms with Crippen molar-refractivity contribution < 1.29 is 14.7 Å². The lowest BCUT2D eigenvalue weighted by Gasteiger charge is -2.03. The fourth-order valence-corrected chi connectivity index (χ4v) is 4.10. The number of benzene rings is 2. The number of nitrogens with zero attached hydrogens (tertiary/aromatic N) is 1. The number of hydrogen-bond acceptors (Lipinski definition) is 4. The average molecular weight is 386 g/mol. The number of carbonyl (C=O) groups is 2. The Balaban J connectivity index is 1.85. The molecule has 0 fully saturated rings. The predicted octanol–water partition coefficient (Wildman–Crippen LogP) is 2.35. The van der Waals surface area contributed by atoms with Crippen molar-refractivity contribution in [2.24, 2.45) is 5.73 Å². The molecule has 1 aliphatic rings. The first-order valence-electron chi connectivity index (χ1n) is 9.28. The Morgan fingerprint density at radius 3 is 2.45 bits per heavy atom. The Morgan fingerprint density at radius 2 is 1.66 bits per heavy atom. The number of aromatic hydroxyl groups is 1. The Bertz CT molecular complexity index is 1340. The van der Waals surface area contributed by atoms with Crippen molar-refractivity contribution in [2.45, 2.75) is 6.54 Å². The summed E-state index contributed by atoms with van der Waals surface area (Å²) in [6.45, 7) is 0.844. The van der Waals surface area contributed by atoms with E-state index >= 15 is 0 Å². The molecular weight excluding hydrogens is 368 g/mol. The molecule has 7 heteroatoms. The number of aromatic amines is 1. The lowest BCUT2D eigenvalue weighted by molar-refractivity contribution is -0.122. The van der Waals surface area contributed by atoms with Gasteiger partial charge in [-0.1, -0.05) is 30.3 Å². The highest BCUT2D eigenvalue weighted by Crippen LogP contribution is 2.39. The Morgan fingerprint density at radius 1 is 0.931 bits per heavy atom. The van der Waals surface area contributed by atoms with Gasteiger partial charge < -0.3 is 20.4 Å². The number of imide groups is 1. The molecule has 2 aromatic heterocycles. The molecule has 0 atom stereocenters. The van der Waals surface area contributed by atoms with Crippen LogP contribution in [0.2, 0.25) is 0 Å². The van der Waals surface area contributed by atoms with Crippen molar-refractivity contribution in [1.82, 2.24) is 14.9 Å². The summed E-state index contributed by atoms with van der Waals surface area (Å²) in [5.74, 6) is -0.791. The minimum absolute atomic E-state index is 0.0983. The maximum Gasteiger partial charge on any atom is 0.259 e. The fraction of sp³-hybridized carbons (Fsp3) is 0.0909. The molecule has 0 aliphatic carbocycles. The first-order chi connectivity index (χ1) is 14.1. The summed E-state index contributed by atoms with van der Waals surface area (Å²) in [6.07, 6.45) is 3.52. The first kappa shape index (κ1) is 17.3. The normalized spacial score (nSPS) is 14.4. The van der Waals surface area contributed by atoms with E-state index in [1.807, 2.05) is 34.9 Å². The molecule has 7 nitrogen and oxygen atoms in total. The second-order valence-corrected chi connectivity index (χ2v) is 6.98. The number of aromatic nitrogens is 2. The number of H-pyrrole nitrogens is 1. The first-order valence-corrected chi connectivity index (χ1v) is 9.28. The monoisotopic (exact) mass is 386 g/mol. The number of phenols is 1. The van der Waals surface area contributed by atoms with Crippen molar-refractivity contribution >= 4 is 44.8 Å². The van der Waals surface area contributed by atoms with Crippen LogP contribution >= 0.6 is 0 Å².